The van der Waals surface area contributed by atoms with Gasteiger partial charge in [-0.25, -0.2) is 13.1 Å². The summed E-state index contributed by atoms with van der Waals surface area (Å²) in [4.78, 5) is 1.05. The van der Waals surface area contributed by atoms with Crippen molar-refractivity contribution in [3.05, 3.63) is 17.0 Å². The van der Waals surface area contributed by atoms with Crippen LogP contribution in [0.2, 0.25) is 0 Å². The third-order valence-electron chi connectivity index (χ3n) is 2.53. The van der Waals surface area contributed by atoms with E-state index in [1.54, 1.807) is 6.07 Å². The molecule has 0 aromatic carbocycles. The van der Waals surface area contributed by atoms with E-state index in [1.807, 2.05) is 13.0 Å². The lowest BCUT2D eigenvalue weighted by Gasteiger charge is -2.04. The van der Waals surface area contributed by atoms with Crippen LogP contribution in [0.5, 0.6) is 0 Å². The number of nitrogens with two attached hydrogens (primary N) is 1. The normalized spacial score (nSPS) is 12.8. The summed E-state index contributed by atoms with van der Waals surface area (Å²) in [5, 5.41) is 11.2. The Morgan fingerprint density at radius 2 is 2.21 bits per heavy atom. The first-order valence-corrected chi connectivity index (χ1v) is 8.34. The van der Waals surface area contributed by atoms with Crippen LogP contribution < -0.4 is 10.5 Å². The number of thiophene rings is 1. The molecule has 0 saturated heterocycles. The Hall–Kier alpha value is -1.12. The van der Waals surface area contributed by atoms with E-state index in [-0.39, 0.29) is 5.84 Å². The molecule has 108 valence electrons. The van der Waals surface area contributed by atoms with Gasteiger partial charge in [-0.1, -0.05) is 12.1 Å². The SMILES string of the molecule is CCc1ccc(S(=O)(=O)NCCCCC(N)=NO)s1. The molecule has 0 unspecified atom stereocenters. The quantitative estimate of drug-likeness (QED) is 0.222. The highest BCUT2D eigenvalue weighted by Gasteiger charge is 2.15. The molecule has 1 aromatic heterocycles. The van der Waals surface area contributed by atoms with Gasteiger partial charge in [-0.15, -0.1) is 11.3 Å². The van der Waals surface area contributed by atoms with E-state index < -0.39 is 10.0 Å². The van der Waals surface area contributed by atoms with Gasteiger partial charge >= 0.3 is 0 Å². The number of rotatable bonds is 8. The molecule has 0 fully saturated rings. The zero-order valence-electron chi connectivity index (χ0n) is 10.8. The highest BCUT2D eigenvalue weighted by Crippen LogP contribution is 2.21. The van der Waals surface area contributed by atoms with E-state index >= 15 is 0 Å². The molecule has 0 aliphatic rings. The van der Waals surface area contributed by atoms with Gasteiger partial charge < -0.3 is 10.9 Å². The predicted octanol–water partition coefficient (Wildman–Crippen LogP) is 1.51. The Balaban J connectivity index is 2.39. The molecule has 8 heteroatoms. The van der Waals surface area contributed by atoms with E-state index in [0.717, 1.165) is 11.3 Å². The monoisotopic (exact) mass is 305 g/mol. The number of sulfonamides is 1. The van der Waals surface area contributed by atoms with Gasteiger partial charge in [0.1, 0.15) is 10.0 Å². The highest BCUT2D eigenvalue weighted by atomic mass is 32.2. The summed E-state index contributed by atoms with van der Waals surface area (Å²) in [6, 6.07) is 3.46. The number of oxime groups is 1. The molecule has 19 heavy (non-hydrogen) atoms. The van der Waals surface area contributed by atoms with Crippen molar-refractivity contribution in [3.8, 4) is 0 Å². The Morgan fingerprint density at radius 1 is 1.47 bits per heavy atom. The zero-order chi connectivity index (χ0) is 14.3. The molecule has 1 aromatic rings. The molecule has 1 rings (SSSR count). The van der Waals surface area contributed by atoms with E-state index in [9.17, 15) is 8.42 Å². The van der Waals surface area contributed by atoms with Gasteiger partial charge in [-0.2, -0.15) is 0 Å². The van der Waals surface area contributed by atoms with Gasteiger partial charge in [0.05, 0.1) is 0 Å². The Bertz CT molecular complexity index is 523. The number of nitrogens with zero attached hydrogens (tertiary/aromatic N) is 1. The van der Waals surface area contributed by atoms with E-state index in [2.05, 4.69) is 9.88 Å². The van der Waals surface area contributed by atoms with Crippen LogP contribution in [0.3, 0.4) is 0 Å². The van der Waals surface area contributed by atoms with Gasteiger partial charge in [-0.05, 0) is 31.4 Å². The van der Waals surface area contributed by atoms with Gasteiger partial charge in [0.15, 0.2) is 0 Å². The van der Waals surface area contributed by atoms with Crippen molar-refractivity contribution in [3.63, 3.8) is 0 Å². The Kier molecular flexibility index (Phi) is 6.26. The summed E-state index contributed by atoms with van der Waals surface area (Å²) >= 11 is 1.29. The van der Waals surface area contributed by atoms with Crippen molar-refractivity contribution in [1.82, 2.24) is 4.72 Å². The fourth-order valence-electron chi connectivity index (χ4n) is 1.45. The molecular formula is C11H19N3O3S2. The van der Waals surface area contributed by atoms with E-state index in [4.69, 9.17) is 10.9 Å². The van der Waals surface area contributed by atoms with Crippen molar-refractivity contribution in [2.45, 2.75) is 36.8 Å². The molecule has 0 saturated carbocycles. The minimum absolute atomic E-state index is 0.161. The number of aryl methyl sites for hydroxylation is 1. The topological polar surface area (TPSA) is 105 Å². The minimum Gasteiger partial charge on any atom is -0.409 e. The lowest BCUT2D eigenvalue weighted by atomic mass is 10.2. The van der Waals surface area contributed by atoms with Crippen molar-refractivity contribution in [2.24, 2.45) is 10.9 Å². The van der Waals surface area contributed by atoms with Crippen molar-refractivity contribution >= 4 is 27.2 Å². The highest BCUT2D eigenvalue weighted by molar-refractivity contribution is 7.91. The smallest absolute Gasteiger partial charge is 0.250 e. The molecule has 0 aliphatic carbocycles. The lowest BCUT2D eigenvalue weighted by molar-refractivity contribution is 0.316. The third-order valence-corrected chi connectivity index (χ3v) is 5.71. The predicted molar refractivity (Wildman–Crippen MR) is 76.1 cm³/mol. The van der Waals surface area contributed by atoms with Gasteiger partial charge in [0, 0.05) is 17.8 Å². The fourth-order valence-corrected chi connectivity index (χ4v) is 3.87. The first-order valence-electron chi connectivity index (χ1n) is 6.04. The fraction of sp³-hybridized carbons (Fsp3) is 0.545. The third kappa shape index (κ3) is 5.17. The Morgan fingerprint density at radius 3 is 2.79 bits per heavy atom. The van der Waals surface area contributed by atoms with Crippen molar-refractivity contribution in [2.75, 3.05) is 6.54 Å². The van der Waals surface area contributed by atoms with Crippen LogP contribution in [0.4, 0.5) is 0 Å². The maximum Gasteiger partial charge on any atom is 0.250 e. The molecule has 0 bridgehead atoms. The summed E-state index contributed by atoms with van der Waals surface area (Å²) in [7, 11) is -3.40. The zero-order valence-corrected chi connectivity index (χ0v) is 12.4. The number of amidine groups is 1. The van der Waals surface area contributed by atoms with Crippen LogP contribution in [0.25, 0.3) is 0 Å². The van der Waals surface area contributed by atoms with Crippen LogP contribution in [-0.4, -0.2) is 26.0 Å². The average molecular weight is 305 g/mol. The van der Waals surface area contributed by atoms with E-state index in [1.165, 1.54) is 11.3 Å². The van der Waals surface area contributed by atoms with Crippen LogP contribution in [0.1, 0.15) is 31.1 Å². The number of nitrogens with one attached hydrogen (secondary N) is 1. The second kappa shape index (κ2) is 7.46. The standard InChI is InChI=1S/C11H19N3O3S2/c1-2-9-6-7-11(18-9)19(16,17)13-8-4-3-5-10(12)14-15/h6-7,13,15H,2-5,8H2,1H3,(H2,12,14). The van der Waals surface area contributed by atoms with Crippen LogP contribution in [-0.2, 0) is 16.4 Å². The maximum absolute atomic E-state index is 11.9. The number of hydrogen-bond acceptors (Lipinski definition) is 5. The molecule has 0 spiro atoms. The van der Waals surface area contributed by atoms with E-state index in [0.29, 0.717) is 30.0 Å². The Labute approximate surface area is 117 Å². The molecule has 0 amide bonds. The van der Waals surface area contributed by atoms with Crippen LogP contribution >= 0.6 is 11.3 Å². The summed E-state index contributed by atoms with van der Waals surface area (Å²) in [5.74, 6) is 0.161. The van der Waals surface area contributed by atoms with Crippen LogP contribution in [0, 0.1) is 0 Å². The molecule has 4 N–H and O–H groups in total. The maximum atomic E-state index is 11.9. The lowest BCUT2D eigenvalue weighted by Crippen LogP contribution is -2.24. The second-order valence-corrected chi connectivity index (χ2v) is 7.18. The van der Waals surface area contributed by atoms with Gasteiger partial charge in [-0.3, -0.25) is 0 Å². The largest absolute Gasteiger partial charge is 0.409 e. The molecule has 1 heterocycles. The number of hydrogen-bond donors (Lipinski definition) is 3. The molecule has 0 atom stereocenters. The summed E-state index contributed by atoms with van der Waals surface area (Å²) in [6.45, 7) is 2.34. The minimum atomic E-state index is -3.40. The first-order chi connectivity index (χ1) is 8.99. The second-order valence-electron chi connectivity index (χ2n) is 4.02. The molecule has 0 aliphatic heterocycles. The summed E-state index contributed by atoms with van der Waals surface area (Å²) in [6.07, 6.45) is 2.60. The van der Waals surface area contributed by atoms with Crippen LogP contribution in [0.15, 0.2) is 21.5 Å². The molecule has 0 radical (unpaired) electrons. The molecule has 6 nitrogen and oxygen atoms in total. The van der Waals surface area contributed by atoms with Gasteiger partial charge in [0.25, 0.3) is 0 Å². The van der Waals surface area contributed by atoms with Crippen molar-refractivity contribution < 1.29 is 13.6 Å². The average Bonchev–Trinajstić information content (AvgIpc) is 2.87. The summed E-state index contributed by atoms with van der Waals surface area (Å²) in [5.41, 5.74) is 5.31. The van der Waals surface area contributed by atoms with Crippen molar-refractivity contribution in [1.29, 1.82) is 0 Å². The van der Waals surface area contributed by atoms with Gasteiger partial charge in [0.2, 0.25) is 10.0 Å². The first kappa shape index (κ1) is 15.9. The number of unbranched alkanes of at least 4 members (excludes halogenated alkanes) is 1. The summed E-state index contributed by atoms with van der Waals surface area (Å²) < 4.78 is 26.7. The molecular weight excluding hydrogens is 286 g/mol.